The number of allylic oxidation sites excluding steroid dienone is 3. The molecule has 0 saturated heterocycles. The summed E-state index contributed by atoms with van der Waals surface area (Å²) in [4.78, 5) is 24.6. The topological polar surface area (TPSA) is 65.7 Å². The Balaban J connectivity index is 2.25. The minimum atomic E-state index is -0.649. The van der Waals surface area contributed by atoms with E-state index in [2.05, 4.69) is 0 Å². The van der Waals surface area contributed by atoms with Crippen molar-refractivity contribution >= 4 is 34.1 Å². The van der Waals surface area contributed by atoms with Gasteiger partial charge in [-0.2, -0.15) is 0 Å². The van der Waals surface area contributed by atoms with Crippen molar-refractivity contribution in [1.82, 2.24) is 0 Å². The van der Waals surface area contributed by atoms with Gasteiger partial charge in [0.15, 0.2) is 0 Å². The van der Waals surface area contributed by atoms with Crippen molar-refractivity contribution in [2.45, 2.75) is 32.1 Å². The van der Waals surface area contributed by atoms with Crippen LogP contribution in [0.1, 0.15) is 43.6 Å². The van der Waals surface area contributed by atoms with Gasteiger partial charge in [-0.05, 0) is 55.4 Å². The Bertz CT molecular complexity index is 810. The number of furan rings is 1. The van der Waals surface area contributed by atoms with Gasteiger partial charge in [0.2, 0.25) is 0 Å². The molecule has 5 nitrogen and oxygen atoms in total. The van der Waals surface area contributed by atoms with Gasteiger partial charge in [-0.25, -0.2) is 9.59 Å². The smallest absolute Gasteiger partial charge is 0.342 e. The van der Waals surface area contributed by atoms with Crippen molar-refractivity contribution in [3.05, 3.63) is 46.4 Å². The molecule has 2 bridgehead atoms. The van der Waals surface area contributed by atoms with E-state index in [4.69, 9.17) is 25.5 Å². The van der Waals surface area contributed by atoms with E-state index in [1.54, 1.807) is 12.1 Å². The quantitative estimate of drug-likeness (QED) is 0.736. The fraction of sp³-hybridized carbons (Fsp3) is 0.368. The van der Waals surface area contributed by atoms with E-state index in [1.807, 2.05) is 6.08 Å². The average molecular weight is 363 g/mol. The molecule has 1 aromatic heterocycles. The Morgan fingerprint density at radius 3 is 2.44 bits per heavy atom. The minimum absolute atomic E-state index is 0.0705. The summed E-state index contributed by atoms with van der Waals surface area (Å²) in [6.45, 7) is 0. The number of fused-ring (bicyclic) bond motifs is 3. The molecule has 0 aromatic carbocycles. The summed E-state index contributed by atoms with van der Waals surface area (Å²) in [7, 11) is 2.55. The zero-order chi connectivity index (χ0) is 18.0. The first-order chi connectivity index (χ1) is 12.1. The Labute approximate surface area is 150 Å². The number of hydrogen-bond donors (Lipinski definition) is 0. The summed E-state index contributed by atoms with van der Waals surface area (Å²) in [5.41, 5.74) is 2.41. The van der Waals surface area contributed by atoms with Gasteiger partial charge in [0.25, 0.3) is 0 Å². The number of rotatable bonds is 2. The molecule has 132 valence electrons. The fourth-order valence-electron chi connectivity index (χ4n) is 3.25. The zero-order valence-corrected chi connectivity index (χ0v) is 14.9. The third kappa shape index (κ3) is 3.29. The largest absolute Gasteiger partial charge is 0.466 e. The zero-order valence-electron chi connectivity index (χ0n) is 14.2. The van der Waals surface area contributed by atoms with Gasteiger partial charge >= 0.3 is 11.9 Å². The molecule has 0 N–H and O–H groups in total. The van der Waals surface area contributed by atoms with Crippen molar-refractivity contribution in [1.29, 1.82) is 0 Å². The molecule has 0 radical (unpaired) electrons. The number of esters is 2. The first kappa shape index (κ1) is 17.5. The monoisotopic (exact) mass is 362 g/mol. The molecule has 2 aliphatic rings. The lowest BCUT2D eigenvalue weighted by Crippen LogP contribution is -2.14. The van der Waals surface area contributed by atoms with E-state index in [0.717, 1.165) is 36.8 Å². The van der Waals surface area contributed by atoms with E-state index in [9.17, 15) is 9.59 Å². The van der Waals surface area contributed by atoms with E-state index in [-0.39, 0.29) is 23.3 Å². The number of methoxy groups -OCH3 is 2. The minimum Gasteiger partial charge on any atom is -0.466 e. The normalized spacial score (nSPS) is 25.5. The van der Waals surface area contributed by atoms with Gasteiger partial charge in [0.1, 0.15) is 17.1 Å². The van der Waals surface area contributed by atoms with Gasteiger partial charge in [0, 0.05) is 0 Å². The van der Waals surface area contributed by atoms with Gasteiger partial charge in [-0.15, -0.1) is 0 Å². The lowest BCUT2D eigenvalue weighted by molar-refractivity contribution is -0.137. The van der Waals surface area contributed by atoms with E-state index < -0.39 is 11.9 Å². The number of carbonyl (C=O) groups excluding carboxylic acids is 2. The molecule has 0 unspecified atom stereocenters. The van der Waals surface area contributed by atoms with Crippen LogP contribution in [-0.4, -0.2) is 26.2 Å². The van der Waals surface area contributed by atoms with Gasteiger partial charge in [-0.1, -0.05) is 17.7 Å². The summed E-state index contributed by atoms with van der Waals surface area (Å²) in [6.07, 6.45) is 6.06. The van der Waals surface area contributed by atoms with Gasteiger partial charge in [-0.3, -0.25) is 0 Å². The highest BCUT2D eigenvalue weighted by Crippen LogP contribution is 2.40. The highest BCUT2D eigenvalue weighted by molar-refractivity contribution is 6.49. The predicted molar refractivity (Wildman–Crippen MR) is 93.6 cm³/mol. The second kappa shape index (κ2) is 7.31. The lowest BCUT2D eigenvalue weighted by Gasteiger charge is -2.20. The first-order valence-electron chi connectivity index (χ1n) is 8.15. The van der Waals surface area contributed by atoms with E-state index >= 15 is 0 Å². The highest BCUT2D eigenvalue weighted by atomic mass is 35.5. The molecule has 1 fully saturated rings. The Morgan fingerprint density at radius 2 is 1.72 bits per heavy atom. The molecule has 1 saturated carbocycles. The molecular formula is C19H19ClO5. The van der Waals surface area contributed by atoms with Crippen LogP contribution in [-0.2, 0) is 19.1 Å². The summed E-state index contributed by atoms with van der Waals surface area (Å²) in [5, 5.41) is 0.558. The second-order valence-electron chi connectivity index (χ2n) is 5.93. The lowest BCUT2D eigenvalue weighted by atomic mass is 9.87. The standard InChI is InChI=1S/C19H19ClO5/c1-23-18(21)13-8-7-11-5-3-4-6-12(11)17(20)15-10-9-14(25-15)16(13)19(22)24-2/h7,9-10H,3-6,8H2,1-2H3/b11-7+,16-13-,17-12+. The predicted octanol–water partition coefficient (Wildman–Crippen LogP) is 4.23. The maximum Gasteiger partial charge on any atom is 0.342 e. The van der Waals surface area contributed by atoms with Crippen molar-refractivity contribution in [2.24, 2.45) is 0 Å². The van der Waals surface area contributed by atoms with Crippen LogP contribution in [0.15, 0.2) is 39.3 Å². The molecular weight excluding hydrogens is 344 g/mol. The van der Waals surface area contributed by atoms with Crippen LogP contribution < -0.4 is 0 Å². The Kier molecular flexibility index (Phi) is 5.13. The fourth-order valence-corrected chi connectivity index (χ4v) is 3.57. The summed E-state index contributed by atoms with van der Waals surface area (Å²) in [5.74, 6) is -0.506. The summed E-state index contributed by atoms with van der Waals surface area (Å²) in [6, 6.07) is 3.33. The van der Waals surface area contributed by atoms with Crippen LogP contribution in [0.4, 0.5) is 0 Å². The van der Waals surface area contributed by atoms with E-state index in [1.165, 1.54) is 14.2 Å². The third-order valence-corrected chi connectivity index (χ3v) is 4.93. The molecule has 0 atom stereocenters. The highest BCUT2D eigenvalue weighted by Gasteiger charge is 2.28. The van der Waals surface area contributed by atoms with Crippen LogP contribution in [0.3, 0.4) is 0 Å². The number of carbonyl (C=O) groups is 2. The van der Waals surface area contributed by atoms with Crippen molar-refractivity contribution < 1.29 is 23.5 Å². The van der Waals surface area contributed by atoms with Crippen LogP contribution in [0.25, 0.3) is 10.6 Å². The van der Waals surface area contributed by atoms with Crippen LogP contribution in [0.2, 0.25) is 0 Å². The van der Waals surface area contributed by atoms with E-state index in [0.29, 0.717) is 10.8 Å². The molecule has 1 aromatic rings. The van der Waals surface area contributed by atoms with Crippen molar-refractivity contribution in [3.63, 3.8) is 0 Å². The molecule has 1 aliphatic carbocycles. The number of halogens is 1. The maximum absolute atomic E-state index is 12.3. The third-order valence-electron chi connectivity index (χ3n) is 4.52. The molecule has 25 heavy (non-hydrogen) atoms. The Hall–Kier alpha value is -2.27. The summed E-state index contributed by atoms with van der Waals surface area (Å²) >= 11 is 6.56. The van der Waals surface area contributed by atoms with Crippen LogP contribution >= 0.6 is 11.6 Å². The molecule has 1 aliphatic heterocycles. The number of hydrogen-bond acceptors (Lipinski definition) is 5. The first-order valence-corrected chi connectivity index (χ1v) is 8.53. The van der Waals surface area contributed by atoms with Crippen molar-refractivity contribution in [3.8, 4) is 0 Å². The van der Waals surface area contributed by atoms with Gasteiger partial charge < -0.3 is 13.9 Å². The number of ether oxygens (including phenoxy) is 2. The van der Waals surface area contributed by atoms with Crippen LogP contribution in [0, 0.1) is 0 Å². The molecule has 0 spiro atoms. The molecule has 3 rings (SSSR count). The molecule has 2 heterocycles. The molecule has 6 heteroatoms. The van der Waals surface area contributed by atoms with Gasteiger partial charge in [0.05, 0.1) is 24.8 Å². The second-order valence-corrected chi connectivity index (χ2v) is 6.31. The SMILES string of the molecule is COC(=O)/C1=C(\C(=O)OC)c2ccc(o2)/C(Cl)=C2/CCCC/C2=C\C1. The molecule has 0 amide bonds. The van der Waals surface area contributed by atoms with Crippen molar-refractivity contribution in [2.75, 3.05) is 14.2 Å². The Morgan fingerprint density at radius 1 is 1.04 bits per heavy atom. The van der Waals surface area contributed by atoms with Crippen LogP contribution in [0.5, 0.6) is 0 Å². The maximum atomic E-state index is 12.3. The average Bonchev–Trinajstić information content (AvgIpc) is 3.12. The summed E-state index contributed by atoms with van der Waals surface area (Å²) < 4.78 is 15.5.